The topological polar surface area (TPSA) is 60.4 Å². The van der Waals surface area contributed by atoms with Gasteiger partial charge in [0.1, 0.15) is 0 Å². The molecule has 4 rings (SSSR count). The normalized spacial score (nSPS) is 25.5. The number of benzene rings is 2. The van der Waals surface area contributed by atoms with Crippen LogP contribution in [-0.4, -0.2) is 24.1 Å². The number of ketones is 2. The van der Waals surface area contributed by atoms with E-state index in [0.29, 0.717) is 11.1 Å². The zero-order valence-electron chi connectivity index (χ0n) is 15.3. The minimum Gasteiger partial charge on any atom is -0.457 e. The van der Waals surface area contributed by atoms with Crippen LogP contribution in [0.15, 0.2) is 59.1 Å². The molecule has 2 bridgehead atoms. The molecule has 0 N–H and O–H groups in total. The maximum Gasteiger partial charge on any atom is 0.310 e. The lowest BCUT2D eigenvalue weighted by atomic mass is 9.75. The molecule has 144 valence electrons. The summed E-state index contributed by atoms with van der Waals surface area (Å²) in [7, 11) is 0. The van der Waals surface area contributed by atoms with Crippen LogP contribution < -0.4 is 0 Å². The molecule has 2 fully saturated rings. The number of Topliss-reactive ketones (excluding diaryl/α,β-unsaturated/α-hetero) is 2. The van der Waals surface area contributed by atoms with E-state index in [0.717, 1.165) is 23.7 Å². The van der Waals surface area contributed by atoms with Gasteiger partial charge >= 0.3 is 5.97 Å². The van der Waals surface area contributed by atoms with Gasteiger partial charge in [-0.3, -0.25) is 14.4 Å². The maximum absolute atomic E-state index is 13.1. The molecule has 0 radical (unpaired) electrons. The molecule has 4 atom stereocenters. The summed E-state index contributed by atoms with van der Waals surface area (Å²) in [5, 5.41) is 0. The van der Waals surface area contributed by atoms with Crippen molar-refractivity contribution >= 4 is 33.5 Å². The lowest BCUT2D eigenvalue weighted by Gasteiger charge is -2.28. The molecule has 2 aliphatic rings. The molecule has 0 spiro atoms. The Morgan fingerprint density at radius 2 is 1.50 bits per heavy atom. The molecule has 5 heteroatoms. The van der Waals surface area contributed by atoms with Crippen LogP contribution in [-0.2, 0) is 9.53 Å². The Kier molecular flexibility index (Phi) is 5.44. The smallest absolute Gasteiger partial charge is 0.310 e. The second kappa shape index (κ2) is 8.00. The first-order valence-electron chi connectivity index (χ1n) is 9.59. The van der Waals surface area contributed by atoms with Gasteiger partial charge in [0.25, 0.3) is 0 Å². The number of ether oxygens (including phenoxy) is 1. The van der Waals surface area contributed by atoms with E-state index in [1.165, 1.54) is 0 Å². The van der Waals surface area contributed by atoms with Gasteiger partial charge in [-0.1, -0.05) is 58.4 Å². The van der Waals surface area contributed by atoms with Gasteiger partial charge in [0.2, 0.25) is 0 Å². The standard InChI is InChI=1S/C23H21BrO4/c24-18-10-8-14(9-11-18)19(25)13-28-23(27)21-17-7-6-16(12-17)20(21)22(26)15-4-2-1-3-5-15/h1-5,8-11,16-17,20-21H,6-7,12-13H2/t16-,17-,20+,21+/m1/s1. The molecule has 0 aliphatic heterocycles. The summed E-state index contributed by atoms with van der Waals surface area (Å²) in [5.74, 6) is -0.994. The number of fused-ring (bicyclic) bond motifs is 2. The molecule has 0 heterocycles. The van der Waals surface area contributed by atoms with Crippen molar-refractivity contribution in [3.8, 4) is 0 Å². The third-order valence-corrected chi connectivity index (χ3v) is 6.59. The molecule has 2 aromatic rings. The summed E-state index contributed by atoms with van der Waals surface area (Å²) in [5.41, 5.74) is 1.14. The zero-order valence-corrected chi connectivity index (χ0v) is 16.9. The average molecular weight is 441 g/mol. The van der Waals surface area contributed by atoms with Gasteiger partial charge in [-0.25, -0.2) is 0 Å². The van der Waals surface area contributed by atoms with Crippen LogP contribution in [0.2, 0.25) is 0 Å². The summed E-state index contributed by atoms with van der Waals surface area (Å²) < 4.78 is 6.27. The second-order valence-corrected chi connectivity index (χ2v) is 8.57. The van der Waals surface area contributed by atoms with Crippen molar-refractivity contribution in [3.05, 3.63) is 70.2 Å². The van der Waals surface area contributed by atoms with Gasteiger partial charge in [-0.15, -0.1) is 0 Å². The number of rotatable bonds is 6. The summed E-state index contributed by atoms with van der Waals surface area (Å²) >= 11 is 3.33. The quantitative estimate of drug-likeness (QED) is 0.481. The molecule has 0 unspecified atom stereocenters. The predicted octanol–water partition coefficient (Wildman–Crippen LogP) is 4.72. The molecular weight excluding hydrogens is 420 g/mol. The SMILES string of the molecule is O=C(COC(=O)[C@H]1[C@@H]2CC[C@H](C2)[C@@H]1C(=O)c1ccccc1)c1ccc(Br)cc1. The highest BCUT2D eigenvalue weighted by atomic mass is 79.9. The van der Waals surface area contributed by atoms with Gasteiger partial charge in [-0.2, -0.15) is 0 Å². The number of hydrogen-bond acceptors (Lipinski definition) is 4. The zero-order chi connectivity index (χ0) is 19.7. The van der Waals surface area contributed by atoms with Crippen LogP contribution in [0.4, 0.5) is 0 Å². The first kappa shape index (κ1) is 19.1. The predicted molar refractivity (Wildman–Crippen MR) is 108 cm³/mol. The lowest BCUT2D eigenvalue weighted by Crippen LogP contribution is -2.36. The Bertz CT molecular complexity index is 891. The number of hydrogen-bond donors (Lipinski definition) is 0. The number of esters is 1. The summed E-state index contributed by atoms with van der Waals surface area (Å²) in [6, 6.07) is 16.1. The molecule has 2 saturated carbocycles. The van der Waals surface area contributed by atoms with E-state index in [1.54, 1.807) is 36.4 Å². The Balaban J connectivity index is 1.45. The van der Waals surface area contributed by atoms with Crippen LogP contribution in [0.3, 0.4) is 0 Å². The monoisotopic (exact) mass is 440 g/mol. The fraction of sp³-hybridized carbons (Fsp3) is 0.348. The molecule has 2 aromatic carbocycles. The molecular formula is C23H21BrO4. The molecule has 4 nitrogen and oxygen atoms in total. The van der Waals surface area contributed by atoms with Crippen molar-refractivity contribution in [2.75, 3.05) is 6.61 Å². The Hall–Kier alpha value is -2.27. The molecule has 0 saturated heterocycles. The van der Waals surface area contributed by atoms with Crippen molar-refractivity contribution in [2.24, 2.45) is 23.7 Å². The third kappa shape index (κ3) is 3.68. The fourth-order valence-electron chi connectivity index (χ4n) is 4.75. The molecule has 0 aromatic heterocycles. The van der Waals surface area contributed by atoms with Crippen molar-refractivity contribution in [2.45, 2.75) is 19.3 Å². The van der Waals surface area contributed by atoms with Crippen LogP contribution in [0.1, 0.15) is 40.0 Å². The lowest BCUT2D eigenvalue weighted by molar-refractivity contribution is -0.150. The highest BCUT2D eigenvalue weighted by Gasteiger charge is 2.54. The van der Waals surface area contributed by atoms with Gasteiger partial charge < -0.3 is 4.74 Å². The second-order valence-electron chi connectivity index (χ2n) is 7.65. The largest absolute Gasteiger partial charge is 0.457 e. The van der Waals surface area contributed by atoms with Crippen LogP contribution >= 0.6 is 15.9 Å². The molecule has 0 amide bonds. The van der Waals surface area contributed by atoms with Crippen LogP contribution in [0, 0.1) is 23.7 Å². The van der Waals surface area contributed by atoms with E-state index in [4.69, 9.17) is 4.74 Å². The Morgan fingerprint density at radius 1 is 0.857 bits per heavy atom. The highest BCUT2D eigenvalue weighted by molar-refractivity contribution is 9.10. The molecule has 28 heavy (non-hydrogen) atoms. The summed E-state index contributed by atoms with van der Waals surface area (Å²) in [6.07, 6.45) is 2.82. The van der Waals surface area contributed by atoms with E-state index in [9.17, 15) is 14.4 Å². The minimum absolute atomic E-state index is 0.0222. The Labute approximate surface area is 172 Å². The van der Waals surface area contributed by atoms with E-state index in [-0.39, 0.29) is 35.9 Å². The third-order valence-electron chi connectivity index (χ3n) is 6.06. The Morgan fingerprint density at radius 3 is 2.18 bits per heavy atom. The van der Waals surface area contributed by atoms with Crippen molar-refractivity contribution < 1.29 is 19.1 Å². The van der Waals surface area contributed by atoms with Gasteiger partial charge in [0, 0.05) is 21.5 Å². The van der Waals surface area contributed by atoms with E-state index in [2.05, 4.69) is 15.9 Å². The van der Waals surface area contributed by atoms with Crippen LogP contribution in [0.25, 0.3) is 0 Å². The van der Waals surface area contributed by atoms with Gasteiger partial charge in [0.05, 0.1) is 5.92 Å². The maximum atomic E-state index is 13.1. The average Bonchev–Trinajstić information content (AvgIpc) is 3.34. The summed E-state index contributed by atoms with van der Waals surface area (Å²) in [6.45, 7) is -0.291. The number of carbonyl (C=O) groups excluding carboxylic acids is 3. The highest BCUT2D eigenvalue weighted by Crippen LogP contribution is 2.53. The van der Waals surface area contributed by atoms with Crippen LogP contribution in [0.5, 0.6) is 0 Å². The minimum atomic E-state index is -0.441. The first-order chi connectivity index (χ1) is 13.5. The van der Waals surface area contributed by atoms with Crippen molar-refractivity contribution in [3.63, 3.8) is 0 Å². The van der Waals surface area contributed by atoms with Crippen molar-refractivity contribution in [1.29, 1.82) is 0 Å². The van der Waals surface area contributed by atoms with E-state index < -0.39 is 11.9 Å². The van der Waals surface area contributed by atoms with E-state index >= 15 is 0 Å². The molecule has 2 aliphatic carbocycles. The first-order valence-corrected chi connectivity index (χ1v) is 10.4. The summed E-state index contributed by atoms with van der Waals surface area (Å²) in [4.78, 5) is 38.2. The van der Waals surface area contributed by atoms with Crippen molar-refractivity contribution in [1.82, 2.24) is 0 Å². The van der Waals surface area contributed by atoms with Gasteiger partial charge in [0.15, 0.2) is 18.2 Å². The fourth-order valence-corrected chi connectivity index (χ4v) is 5.02. The number of halogens is 1. The number of carbonyl (C=O) groups is 3. The van der Waals surface area contributed by atoms with Gasteiger partial charge in [-0.05, 0) is 43.2 Å². The van der Waals surface area contributed by atoms with E-state index in [1.807, 2.05) is 18.2 Å².